The maximum Gasteiger partial charge on any atom is 0.187 e. The van der Waals surface area contributed by atoms with Crippen molar-refractivity contribution in [2.24, 2.45) is 0 Å². The van der Waals surface area contributed by atoms with E-state index in [1.807, 2.05) is 13.8 Å². The van der Waals surface area contributed by atoms with Crippen molar-refractivity contribution < 1.29 is 18.9 Å². The van der Waals surface area contributed by atoms with Gasteiger partial charge in [-0.05, 0) is 13.8 Å². The molecule has 4 heteroatoms. The lowest BCUT2D eigenvalue weighted by Gasteiger charge is -2.19. The Kier molecular flexibility index (Phi) is 1.54. The first-order valence-electron chi connectivity index (χ1n) is 4.77. The smallest absolute Gasteiger partial charge is 0.187 e. The minimum Gasteiger partial charge on any atom is -0.370 e. The fraction of sp³-hybridized carbons (Fsp3) is 1.00. The van der Waals surface area contributed by atoms with E-state index >= 15 is 0 Å². The van der Waals surface area contributed by atoms with Crippen molar-refractivity contribution in [2.75, 3.05) is 6.61 Å². The van der Waals surface area contributed by atoms with E-state index in [4.69, 9.17) is 18.9 Å². The van der Waals surface area contributed by atoms with Crippen molar-refractivity contribution in [1.82, 2.24) is 0 Å². The molecular formula is C9H14O4. The second-order valence-electron chi connectivity index (χ2n) is 4.32. The molecule has 3 rings (SSSR count). The topological polar surface area (TPSA) is 40.2 Å². The van der Waals surface area contributed by atoms with E-state index in [0.29, 0.717) is 6.10 Å². The van der Waals surface area contributed by atoms with Gasteiger partial charge in [-0.2, -0.15) is 0 Å². The van der Waals surface area contributed by atoms with Gasteiger partial charge >= 0.3 is 0 Å². The predicted molar refractivity (Wildman–Crippen MR) is 43.1 cm³/mol. The minimum absolute atomic E-state index is 0.101. The summed E-state index contributed by atoms with van der Waals surface area (Å²) in [7, 11) is 0. The van der Waals surface area contributed by atoms with Gasteiger partial charge in [-0.3, -0.25) is 0 Å². The molecule has 0 aromatic rings. The van der Waals surface area contributed by atoms with Crippen LogP contribution in [0, 0.1) is 0 Å². The van der Waals surface area contributed by atoms with E-state index in [1.165, 1.54) is 0 Å². The largest absolute Gasteiger partial charge is 0.370 e. The molecule has 4 atom stereocenters. The van der Waals surface area contributed by atoms with Gasteiger partial charge in [0.05, 0.1) is 12.7 Å². The highest BCUT2D eigenvalue weighted by molar-refractivity contribution is 4.92. The first-order chi connectivity index (χ1) is 6.14. The average Bonchev–Trinajstić information content (AvgIpc) is 2.71. The third kappa shape index (κ3) is 1.38. The Balaban J connectivity index is 1.66. The fourth-order valence-electron chi connectivity index (χ4n) is 2.04. The van der Waals surface area contributed by atoms with Crippen LogP contribution < -0.4 is 0 Å². The maximum absolute atomic E-state index is 5.68. The van der Waals surface area contributed by atoms with Gasteiger partial charge in [0.1, 0.15) is 12.2 Å². The summed E-state index contributed by atoms with van der Waals surface area (Å²) >= 11 is 0. The zero-order valence-electron chi connectivity index (χ0n) is 7.86. The average molecular weight is 186 g/mol. The SMILES string of the molecule is CC1(C)O[C@H]2O[C@H]([C@H]3CO3)C[C@H]2O1. The van der Waals surface area contributed by atoms with Crippen molar-refractivity contribution in [3.63, 3.8) is 0 Å². The van der Waals surface area contributed by atoms with Crippen LogP contribution in [0.4, 0.5) is 0 Å². The summed E-state index contributed by atoms with van der Waals surface area (Å²) in [5.74, 6) is -0.481. The molecule has 0 amide bonds. The van der Waals surface area contributed by atoms with Crippen LogP contribution >= 0.6 is 0 Å². The molecule has 74 valence electrons. The van der Waals surface area contributed by atoms with Crippen LogP contribution in [0.15, 0.2) is 0 Å². The van der Waals surface area contributed by atoms with Crippen LogP contribution in [0.2, 0.25) is 0 Å². The standard InChI is InChI=1S/C9H14O4/c1-9(2)12-6-3-5(7-4-10-7)11-8(6)13-9/h5-8H,3-4H2,1-2H3/t5-,6+,7+,8+/m0/s1. The van der Waals surface area contributed by atoms with E-state index in [0.717, 1.165) is 13.0 Å². The molecule has 0 unspecified atom stereocenters. The van der Waals surface area contributed by atoms with Gasteiger partial charge in [-0.25, -0.2) is 0 Å². The molecule has 13 heavy (non-hydrogen) atoms. The molecule has 3 aliphatic heterocycles. The van der Waals surface area contributed by atoms with Gasteiger partial charge in [0.2, 0.25) is 0 Å². The van der Waals surface area contributed by atoms with Crippen molar-refractivity contribution in [3.8, 4) is 0 Å². The number of ether oxygens (including phenoxy) is 4. The molecule has 0 aromatic carbocycles. The zero-order chi connectivity index (χ0) is 9.05. The molecule has 4 nitrogen and oxygen atoms in total. The van der Waals surface area contributed by atoms with Crippen LogP contribution in [0.1, 0.15) is 20.3 Å². The maximum atomic E-state index is 5.68. The quantitative estimate of drug-likeness (QED) is 0.564. The Labute approximate surface area is 77.1 Å². The van der Waals surface area contributed by atoms with Crippen LogP contribution in [0.5, 0.6) is 0 Å². The van der Waals surface area contributed by atoms with Crippen LogP contribution in [0.3, 0.4) is 0 Å². The van der Waals surface area contributed by atoms with Gasteiger partial charge in [-0.1, -0.05) is 0 Å². The fourth-order valence-corrected chi connectivity index (χ4v) is 2.04. The van der Waals surface area contributed by atoms with Gasteiger partial charge in [0.15, 0.2) is 12.1 Å². The minimum atomic E-state index is -0.481. The zero-order valence-corrected chi connectivity index (χ0v) is 7.86. The lowest BCUT2D eigenvalue weighted by atomic mass is 10.1. The number of rotatable bonds is 1. The van der Waals surface area contributed by atoms with E-state index in [-0.39, 0.29) is 18.5 Å². The molecule has 0 N–H and O–H groups in total. The van der Waals surface area contributed by atoms with Crippen molar-refractivity contribution in [2.45, 2.75) is 50.7 Å². The second-order valence-corrected chi connectivity index (χ2v) is 4.32. The molecule has 3 aliphatic rings. The number of hydrogen-bond acceptors (Lipinski definition) is 4. The number of hydrogen-bond donors (Lipinski definition) is 0. The van der Waals surface area contributed by atoms with Gasteiger partial charge in [0.25, 0.3) is 0 Å². The third-order valence-electron chi connectivity index (χ3n) is 2.69. The highest BCUT2D eigenvalue weighted by atomic mass is 16.8. The van der Waals surface area contributed by atoms with E-state index < -0.39 is 5.79 Å². The van der Waals surface area contributed by atoms with Crippen molar-refractivity contribution in [1.29, 1.82) is 0 Å². The summed E-state index contributed by atoms with van der Waals surface area (Å²) in [5, 5.41) is 0. The van der Waals surface area contributed by atoms with Crippen LogP contribution in [-0.2, 0) is 18.9 Å². The molecule has 3 heterocycles. The molecule has 0 bridgehead atoms. The van der Waals surface area contributed by atoms with Crippen LogP contribution in [-0.4, -0.2) is 37.0 Å². The Morgan fingerprint density at radius 2 is 1.85 bits per heavy atom. The van der Waals surface area contributed by atoms with Crippen molar-refractivity contribution in [3.05, 3.63) is 0 Å². The third-order valence-corrected chi connectivity index (χ3v) is 2.69. The summed E-state index contributed by atoms with van der Waals surface area (Å²) in [6, 6.07) is 0. The summed E-state index contributed by atoms with van der Waals surface area (Å²) in [6.45, 7) is 4.65. The van der Waals surface area contributed by atoms with E-state index in [2.05, 4.69) is 0 Å². The van der Waals surface area contributed by atoms with E-state index in [9.17, 15) is 0 Å². The molecule has 0 saturated carbocycles. The summed E-state index contributed by atoms with van der Waals surface area (Å²) in [4.78, 5) is 0. The lowest BCUT2D eigenvalue weighted by Crippen LogP contribution is -2.26. The number of epoxide rings is 1. The monoisotopic (exact) mass is 186 g/mol. The molecule has 3 saturated heterocycles. The Morgan fingerprint density at radius 3 is 2.46 bits per heavy atom. The highest BCUT2D eigenvalue weighted by Gasteiger charge is 2.52. The molecule has 3 fully saturated rings. The Hall–Kier alpha value is -0.160. The summed E-state index contributed by atoms with van der Waals surface area (Å²) in [5.41, 5.74) is 0. The highest BCUT2D eigenvalue weighted by Crippen LogP contribution is 2.39. The molecule has 0 aliphatic carbocycles. The molecule has 0 spiro atoms. The summed E-state index contributed by atoms with van der Waals surface area (Å²) < 4.78 is 22.1. The van der Waals surface area contributed by atoms with Crippen molar-refractivity contribution >= 4 is 0 Å². The lowest BCUT2D eigenvalue weighted by molar-refractivity contribution is -0.206. The number of fused-ring (bicyclic) bond motifs is 1. The molecule has 0 radical (unpaired) electrons. The molecule has 0 aromatic heterocycles. The Morgan fingerprint density at radius 1 is 1.08 bits per heavy atom. The molecular weight excluding hydrogens is 172 g/mol. The van der Waals surface area contributed by atoms with Gasteiger partial charge < -0.3 is 18.9 Å². The second kappa shape index (κ2) is 2.45. The van der Waals surface area contributed by atoms with E-state index in [1.54, 1.807) is 0 Å². The van der Waals surface area contributed by atoms with Crippen LogP contribution in [0.25, 0.3) is 0 Å². The summed E-state index contributed by atoms with van der Waals surface area (Å²) in [6.07, 6.45) is 1.30. The first kappa shape index (κ1) is 8.17. The predicted octanol–water partition coefficient (Wildman–Crippen LogP) is 0.652. The van der Waals surface area contributed by atoms with Gasteiger partial charge in [-0.15, -0.1) is 0 Å². The Bertz CT molecular complexity index is 208. The van der Waals surface area contributed by atoms with Gasteiger partial charge in [0, 0.05) is 6.42 Å². The first-order valence-corrected chi connectivity index (χ1v) is 4.77. The normalized spacial score (nSPS) is 52.2.